The molecule has 1 aromatic heterocycles. The minimum atomic E-state index is 0.890. The van der Waals surface area contributed by atoms with Gasteiger partial charge in [0.1, 0.15) is 5.58 Å². The zero-order valence-corrected chi connectivity index (χ0v) is 20.6. The molecule has 0 aliphatic carbocycles. The predicted octanol–water partition coefficient (Wildman–Crippen LogP) is 10.5. The van der Waals surface area contributed by atoms with Crippen LogP contribution in [0.2, 0.25) is 0 Å². The summed E-state index contributed by atoms with van der Waals surface area (Å²) in [4.78, 5) is 2.31. The summed E-state index contributed by atoms with van der Waals surface area (Å²) in [5.41, 5.74) is 5.00. The maximum Gasteiger partial charge on any atom is 0.159 e. The standard InChI is InChI=1S/C36H23NO/c1-2-11-24(12-3-1)37(34-19-10-18-32-31-17-8-9-20-35(31)38-36(32)34)25-21-22-30-28-15-5-4-13-26(28)27-14-6-7-16-29(27)33(30)23-25/h1-23H. The van der Waals surface area contributed by atoms with Crippen molar-refractivity contribution in [1.29, 1.82) is 0 Å². The third-order valence-electron chi connectivity index (χ3n) is 7.62. The van der Waals surface area contributed by atoms with Gasteiger partial charge in [-0.05, 0) is 68.7 Å². The Morgan fingerprint density at radius 2 is 0.921 bits per heavy atom. The molecule has 38 heavy (non-hydrogen) atoms. The van der Waals surface area contributed by atoms with Gasteiger partial charge in [0.15, 0.2) is 5.58 Å². The summed E-state index contributed by atoms with van der Waals surface area (Å²) in [6.07, 6.45) is 0. The molecule has 2 nitrogen and oxygen atoms in total. The van der Waals surface area contributed by atoms with Gasteiger partial charge in [-0.25, -0.2) is 0 Å². The van der Waals surface area contributed by atoms with E-state index in [0.717, 1.165) is 39.0 Å². The molecule has 0 spiro atoms. The zero-order chi connectivity index (χ0) is 25.1. The number of benzene rings is 7. The summed E-state index contributed by atoms with van der Waals surface area (Å²) < 4.78 is 6.48. The Hall–Kier alpha value is -5.08. The molecule has 0 saturated heterocycles. The van der Waals surface area contributed by atoms with Crippen molar-refractivity contribution in [1.82, 2.24) is 0 Å². The molecular formula is C36H23NO. The molecule has 0 saturated carbocycles. The fourth-order valence-corrected chi connectivity index (χ4v) is 5.95. The minimum absolute atomic E-state index is 0.890. The molecule has 0 aliphatic heterocycles. The Bertz CT molecular complexity index is 2100. The second-order valence-electron chi connectivity index (χ2n) is 9.74. The van der Waals surface area contributed by atoms with Crippen LogP contribution in [0.1, 0.15) is 0 Å². The van der Waals surface area contributed by atoms with E-state index >= 15 is 0 Å². The van der Waals surface area contributed by atoms with Crippen LogP contribution < -0.4 is 4.90 Å². The highest BCUT2D eigenvalue weighted by atomic mass is 16.3. The quantitative estimate of drug-likeness (QED) is 0.231. The SMILES string of the molecule is c1ccc(N(c2ccc3c4ccccc4c4ccccc4c3c2)c2cccc3c2oc2ccccc23)cc1. The first kappa shape index (κ1) is 21.0. The monoisotopic (exact) mass is 485 g/mol. The third kappa shape index (κ3) is 3.07. The number of anilines is 3. The van der Waals surface area contributed by atoms with Gasteiger partial charge >= 0.3 is 0 Å². The molecule has 7 aromatic carbocycles. The maximum absolute atomic E-state index is 6.48. The molecule has 0 aliphatic rings. The van der Waals surface area contributed by atoms with Crippen LogP contribution in [0.25, 0.3) is 54.3 Å². The van der Waals surface area contributed by atoms with Crippen LogP contribution in [0.3, 0.4) is 0 Å². The number of furan rings is 1. The van der Waals surface area contributed by atoms with Gasteiger partial charge in [0.25, 0.3) is 0 Å². The number of rotatable bonds is 3. The van der Waals surface area contributed by atoms with Crippen molar-refractivity contribution < 1.29 is 4.42 Å². The first-order chi connectivity index (χ1) is 18.9. The Morgan fingerprint density at radius 3 is 1.63 bits per heavy atom. The first-order valence-corrected chi connectivity index (χ1v) is 13.0. The molecule has 0 N–H and O–H groups in total. The minimum Gasteiger partial charge on any atom is -0.454 e. The third-order valence-corrected chi connectivity index (χ3v) is 7.62. The van der Waals surface area contributed by atoms with Gasteiger partial charge in [-0.1, -0.05) is 103 Å². The fraction of sp³-hybridized carbons (Fsp3) is 0. The maximum atomic E-state index is 6.48. The number of para-hydroxylation sites is 3. The molecule has 8 rings (SSSR count). The number of hydrogen-bond acceptors (Lipinski definition) is 2. The van der Waals surface area contributed by atoms with Crippen LogP contribution in [0.5, 0.6) is 0 Å². The van der Waals surface area contributed by atoms with E-state index in [1.807, 2.05) is 12.1 Å². The second kappa shape index (κ2) is 8.22. The summed E-state index contributed by atoms with van der Waals surface area (Å²) in [6, 6.07) is 49.5. The van der Waals surface area contributed by atoms with Crippen molar-refractivity contribution >= 4 is 71.3 Å². The lowest BCUT2D eigenvalue weighted by atomic mass is 9.94. The van der Waals surface area contributed by atoms with Crippen LogP contribution in [0.4, 0.5) is 17.1 Å². The number of fused-ring (bicyclic) bond motifs is 9. The van der Waals surface area contributed by atoms with Crippen LogP contribution >= 0.6 is 0 Å². The van der Waals surface area contributed by atoms with E-state index in [0.29, 0.717) is 0 Å². The Kier molecular flexibility index (Phi) is 4.55. The smallest absolute Gasteiger partial charge is 0.159 e. The lowest BCUT2D eigenvalue weighted by Gasteiger charge is -2.26. The highest BCUT2D eigenvalue weighted by Crippen LogP contribution is 2.44. The van der Waals surface area contributed by atoms with Gasteiger partial charge in [0.2, 0.25) is 0 Å². The molecule has 0 atom stereocenters. The van der Waals surface area contributed by atoms with Crippen LogP contribution in [-0.2, 0) is 0 Å². The molecule has 0 unspecified atom stereocenters. The van der Waals surface area contributed by atoms with Crippen LogP contribution in [0, 0.1) is 0 Å². The van der Waals surface area contributed by atoms with E-state index in [9.17, 15) is 0 Å². The summed E-state index contributed by atoms with van der Waals surface area (Å²) in [7, 11) is 0. The molecule has 0 amide bonds. The molecule has 0 fully saturated rings. The van der Waals surface area contributed by atoms with Crippen molar-refractivity contribution in [3.05, 3.63) is 140 Å². The van der Waals surface area contributed by atoms with Gasteiger partial charge in [-0.2, -0.15) is 0 Å². The molecule has 0 bridgehead atoms. The zero-order valence-electron chi connectivity index (χ0n) is 20.6. The lowest BCUT2D eigenvalue weighted by molar-refractivity contribution is 0.669. The van der Waals surface area contributed by atoms with Crippen molar-refractivity contribution in [3.63, 3.8) is 0 Å². The van der Waals surface area contributed by atoms with E-state index in [1.165, 1.54) is 32.3 Å². The molecular weight excluding hydrogens is 462 g/mol. The van der Waals surface area contributed by atoms with Gasteiger partial charge in [-0.3, -0.25) is 0 Å². The lowest BCUT2D eigenvalue weighted by Crippen LogP contribution is -2.10. The number of nitrogens with zero attached hydrogens (tertiary/aromatic N) is 1. The van der Waals surface area contributed by atoms with Gasteiger partial charge in [0.05, 0.1) is 5.69 Å². The summed E-state index contributed by atoms with van der Waals surface area (Å²) in [5, 5.41) is 9.86. The van der Waals surface area contributed by atoms with Gasteiger partial charge in [-0.15, -0.1) is 0 Å². The molecule has 2 heteroatoms. The van der Waals surface area contributed by atoms with E-state index in [-0.39, 0.29) is 0 Å². The number of hydrogen-bond donors (Lipinski definition) is 0. The normalized spacial score (nSPS) is 11.7. The fourth-order valence-electron chi connectivity index (χ4n) is 5.95. The van der Waals surface area contributed by atoms with Crippen molar-refractivity contribution in [2.75, 3.05) is 4.90 Å². The Labute approximate surface area is 220 Å². The van der Waals surface area contributed by atoms with Gasteiger partial charge in [0, 0.05) is 22.1 Å². The van der Waals surface area contributed by atoms with Crippen molar-refractivity contribution in [3.8, 4) is 0 Å². The summed E-state index contributed by atoms with van der Waals surface area (Å²) >= 11 is 0. The van der Waals surface area contributed by atoms with Crippen molar-refractivity contribution in [2.24, 2.45) is 0 Å². The molecule has 8 aromatic rings. The molecule has 178 valence electrons. The predicted molar refractivity (Wildman–Crippen MR) is 161 cm³/mol. The average Bonchev–Trinajstić information content (AvgIpc) is 3.38. The van der Waals surface area contributed by atoms with Crippen LogP contribution in [-0.4, -0.2) is 0 Å². The average molecular weight is 486 g/mol. The summed E-state index contributed by atoms with van der Waals surface area (Å²) in [6.45, 7) is 0. The van der Waals surface area contributed by atoms with Crippen LogP contribution in [0.15, 0.2) is 144 Å². The highest BCUT2D eigenvalue weighted by Gasteiger charge is 2.20. The highest BCUT2D eigenvalue weighted by molar-refractivity contribution is 6.26. The van der Waals surface area contributed by atoms with E-state index in [4.69, 9.17) is 4.42 Å². The Balaban J connectivity index is 1.46. The largest absolute Gasteiger partial charge is 0.454 e. The topological polar surface area (TPSA) is 16.4 Å². The van der Waals surface area contributed by atoms with E-state index < -0.39 is 0 Å². The first-order valence-electron chi connectivity index (χ1n) is 13.0. The second-order valence-corrected chi connectivity index (χ2v) is 9.74. The van der Waals surface area contributed by atoms with E-state index in [1.54, 1.807) is 0 Å². The molecule has 0 radical (unpaired) electrons. The summed E-state index contributed by atoms with van der Waals surface area (Å²) in [5.74, 6) is 0. The van der Waals surface area contributed by atoms with E-state index in [2.05, 4.69) is 132 Å². The van der Waals surface area contributed by atoms with Gasteiger partial charge < -0.3 is 9.32 Å². The Morgan fingerprint density at radius 1 is 0.368 bits per heavy atom. The van der Waals surface area contributed by atoms with Crippen molar-refractivity contribution in [2.45, 2.75) is 0 Å². The molecule has 1 heterocycles.